The summed E-state index contributed by atoms with van der Waals surface area (Å²) in [5.74, 6) is -0.125. The minimum atomic E-state index is -3.94. The summed E-state index contributed by atoms with van der Waals surface area (Å²) in [6, 6.07) is 13.5. The number of aromatic nitrogens is 3. The van der Waals surface area contributed by atoms with E-state index in [1.54, 1.807) is 29.2 Å². The molecule has 10 heteroatoms. The zero-order valence-electron chi connectivity index (χ0n) is 17.4. The van der Waals surface area contributed by atoms with Crippen LogP contribution in [0, 0.1) is 5.92 Å². The van der Waals surface area contributed by atoms with Crippen LogP contribution in [0.3, 0.4) is 0 Å². The van der Waals surface area contributed by atoms with E-state index in [-0.39, 0.29) is 24.3 Å². The van der Waals surface area contributed by atoms with Crippen LogP contribution in [0.4, 0.5) is 5.69 Å². The van der Waals surface area contributed by atoms with Crippen molar-refractivity contribution in [3.8, 4) is 0 Å². The van der Waals surface area contributed by atoms with Crippen LogP contribution in [-0.4, -0.2) is 41.6 Å². The van der Waals surface area contributed by atoms with E-state index < -0.39 is 10.3 Å². The van der Waals surface area contributed by atoms with Crippen LogP contribution in [-0.2, 0) is 21.0 Å². The minimum absolute atomic E-state index is 0.0675. The molecule has 0 aliphatic heterocycles. The molecule has 1 aliphatic carbocycles. The van der Waals surface area contributed by atoms with Crippen molar-refractivity contribution in [3.05, 3.63) is 77.9 Å². The Hall–Kier alpha value is -3.08. The van der Waals surface area contributed by atoms with Crippen LogP contribution in [0.5, 0.6) is 0 Å². The molecule has 0 spiro atoms. The number of nitrogens with one attached hydrogen (secondary N) is 1. The zero-order chi connectivity index (χ0) is 22.6. The van der Waals surface area contributed by atoms with Gasteiger partial charge < -0.3 is 5.32 Å². The van der Waals surface area contributed by atoms with Crippen molar-refractivity contribution in [1.29, 1.82) is 0 Å². The molecule has 2 unspecified atom stereocenters. The standard InChI is InChI=1S/C22H25N5O4S/c23-32(29,30)31-15-17-6-7-18(12-17)25-20-8-10-24-13-19(20)22(28)21-9-11-27(26-21)14-16-4-2-1-3-5-16/h1-5,8-11,13,17-18H,6-7,12,14-15H2,(H,24,25)(H2,23,29,30). The van der Waals surface area contributed by atoms with Crippen molar-refractivity contribution in [2.45, 2.75) is 31.8 Å². The van der Waals surface area contributed by atoms with Crippen LogP contribution in [0.2, 0.25) is 0 Å². The van der Waals surface area contributed by atoms with Gasteiger partial charge in [0, 0.05) is 30.3 Å². The molecule has 2 heterocycles. The number of carbonyl (C=O) groups is 1. The first-order valence-corrected chi connectivity index (χ1v) is 11.8. The highest BCUT2D eigenvalue weighted by Crippen LogP contribution is 2.30. The number of benzene rings is 1. The SMILES string of the molecule is NS(=O)(=O)OCC1CCC(Nc2ccncc2C(=O)c2ccn(Cc3ccccc3)n2)C1. The number of hydrogen-bond acceptors (Lipinski definition) is 7. The third-order valence-corrected chi connectivity index (χ3v) is 5.96. The summed E-state index contributed by atoms with van der Waals surface area (Å²) in [6.45, 7) is 0.647. The maximum atomic E-state index is 13.1. The lowest BCUT2D eigenvalue weighted by atomic mass is 10.1. The second-order valence-corrected chi connectivity index (χ2v) is 9.15. The molecule has 2 atom stereocenters. The van der Waals surface area contributed by atoms with Crippen molar-refractivity contribution < 1.29 is 17.4 Å². The molecule has 3 aromatic rings. The van der Waals surface area contributed by atoms with E-state index in [2.05, 4.69) is 15.4 Å². The Balaban J connectivity index is 1.42. The third kappa shape index (κ3) is 5.78. The molecule has 1 aliphatic rings. The van der Waals surface area contributed by atoms with Crippen LogP contribution in [0.1, 0.15) is 40.9 Å². The summed E-state index contributed by atoms with van der Waals surface area (Å²) in [6.07, 6.45) is 7.32. The van der Waals surface area contributed by atoms with Gasteiger partial charge in [0.05, 0.1) is 18.7 Å². The van der Waals surface area contributed by atoms with Crippen LogP contribution >= 0.6 is 0 Å². The van der Waals surface area contributed by atoms with E-state index in [4.69, 9.17) is 9.32 Å². The lowest BCUT2D eigenvalue weighted by molar-refractivity contribution is 0.103. The first-order chi connectivity index (χ1) is 15.4. The smallest absolute Gasteiger partial charge is 0.333 e. The lowest BCUT2D eigenvalue weighted by Crippen LogP contribution is -2.21. The molecule has 1 aromatic carbocycles. The number of carbonyl (C=O) groups excluding carboxylic acids is 1. The second kappa shape index (κ2) is 9.60. The average Bonchev–Trinajstić information content (AvgIpc) is 3.42. The summed E-state index contributed by atoms with van der Waals surface area (Å²) in [4.78, 5) is 17.2. The van der Waals surface area contributed by atoms with Gasteiger partial charge in [-0.3, -0.25) is 18.6 Å². The molecule has 32 heavy (non-hydrogen) atoms. The second-order valence-electron chi connectivity index (χ2n) is 7.93. The third-order valence-electron chi connectivity index (χ3n) is 5.50. The molecule has 0 amide bonds. The number of nitrogens with two attached hydrogens (primary N) is 1. The summed E-state index contributed by atoms with van der Waals surface area (Å²) in [5.41, 5.74) is 2.57. The van der Waals surface area contributed by atoms with Gasteiger partial charge in [0.1, 0.15) is 5.69 Å². The van der Waals surface area contributed by atoms with Gasteiger partial charge in [0.15, 0.2) is 0 Å². The van der Waals surface area contributed by atoms with Crippen molar-refractivity contribution in [2.75, 3.05) is 11.9 Å². The van der Waals surface area contributed by atoms with Crippen molar-refractivity contribution in [2.24, 2.45) is 11.1 Å². The molecule has 1 saturated carbocycles. The highest BCUT2D eigenvalue weighted by atomic mass is 32.2. The van der Waals surface area contributed by atoms with Crippen molar-refractivity contribution in [3.63, 3.8) is 0 Å². The Labute approximate surface area is 186 Å². The van der Waals surface area contributed by atoms with E-state index >= 15 is 0 Å². The molecule has 0 saturated heterocycles. The molecule has 3 N–H and O–H groups in total. The van der Waals surface area contributed by atoms with Gasteiger partial charge in [-0.25, -0.2) is 5.14 Å². The average molecular weight is 456 g/mol. The maximum absolute atomic E-state index is 13.1. The highest BCUT2D eigenvalue weighted by Gasteiger charge is 2.27. The quantitative estimate of drug-likeness (QED) is 0.474. The van der Waals surface area contributed by atoms with E-state index in [0.717, 1.165) is 24.8 Å². The summed E-state index contributed by atoms with van der Waals surface area (Å²) in [5, 5.41) is 12.8. The number of ketones is 1. The Morgan fingerprint density at radius 1 is 1.19 bits per heavy atom. The zero-order valence-corrected chi connectivity index (χ0v) is 18.2. The molecule has 0 radical (unpaired) electrons. The molecule has 9 nitrogen and oxygen atoms in total. The largest absolute Gasteiger partial charge is 0.382 e. The highest BCUT2D eigenvalue weighted by molar-refractivity contribution is 7.84. The number of rotatable bonds is 9. The van der Waals surface area contributed by atoms with Crippen molar-refractivity contribution in [1.82, 2.24) is 14.8 Å². The number of nitrogens with zero attached hydrogens (tertiary/aromatic N) is 3. The molecule has 168 valence electrons. The summed E-state index contributed by atoms with van der Waals surface area (Å²) >= 11 is 0. The molecular weight excluding hydrogens is 430 g/mol. The Morgan fingerprint density at radius 2 is 2.00 bits per heavy atom. The van der Waals surface area contributed by atoms with E-state index in [9.17, 15) is 13.2 Å². The van der Waals surface area contributed by atoms with Gasteiger partial charge in [-0.2, -0.15) is 13.5 Å². The summed E-state index contributed by atoms with van der Waals surface area (Å²) < 4.78 is 28.5. The first-order valence-electron chi connectivity index (χ1n) is 10.4. The van der Waals surface area contributed by atoms with Crippen LogP contribution in [0.15, 0.2) is 61.1 Å². The fourth-order valence-corrected chi connectivity index (χ4v) is 4.33. The van der Waals surface area contributed by atoms with Crippen LogP contribution < -0.4 is 10.5 Å². The fraction of sp³-hybridized carbons (Fsp3) is 0.318. The van der Waals surface area contributed by atoms with Gasteiger partial charge >= 0.3 is 10.3 Å². The van der Waals surface area contributed by atoms with E-state index in [0.29, 0.717) is 23.5 Å². The number of hydrogen-bond donors (Lipinski definition) is 2. The number of pyridine rings is 1. The van der Waals surface area contributed by atoms with Gasteiger partial charge in [-0.15, -0.1) is 0 Å². The van der Waals surface area contributed by atoms with Crippen molar-refractivity contribution >= 4 is 21.8 Å². The topological polar surface area (TPSA) is 129 Å². The summed E-state index contributed by atoms with van der Waals surface area (Å²) in [7, 11) is -3.94. The van der Waals surface area contributed by atoms with E-state index in [1.165, 1.54) is 6.20 Å². The Kier molecular flexibility index (Phi) is 6.63. The predicted octanol–water partition coefficient (Wildman–Crippen LogP) is 2.36. The predicted molar refractivity (Wildman–Crippen MR) is 119 cm³/mol. The first kappa shape index (κ1) is 22.1. The lowest BCUT2D eigenvalue weighted by Gasteiger charge is -2.16. The Bertz CT molecular complexity index is 1180. The molecular formula is C22H25N5O4S. The van der Waals surface area contributed by atoms with Crippen LogP contribution in [0.25, 0.3) is 0 Å². The Morgan fingerprint density at radius 3 is 2.78 bits per heavy atom. The molecule has 4 rings (SSSR count). The van der Waals surface area contributed by atoms with Gasteiger partial charge in [0.2, 0.25) is 5.78 Å². The molecule has 2 aromatic heterocycles. The van der Waals surface area contributed by atoms with Gasteiger partial charge in [-0.05, 0) is 42.9 Å². The number of anilines is 1. The normalized spacial score (nSPS) is 18.5. The maximum Gasteiger partial charge on any atom is 0.333 e. The molecule has 1 fully saturated rings. The van der Waals surface area contributed by atoms with E-state index in [1.807, 2.05) is 30.3 Å². The fourth-order valence-electron chi connectivity index (χ4n) is 3.95. The van der Waals surface area contributed by atoms with Gasteiger partial charge in [-0.1, -0.05) is 30.3 Å². The van der Waals surface area contributed by atoms with Gasteiger partial charge in [0.25, 0.3) is 0 Å². The molecule has 0 bridgehead atoms. The monoisotopic (exact) mass is 455 g/mol. The minimum Gasteiger partial charge on any atom is -0.382 e.